The molecular formula is C18H24N2O4S. The molecule has 1 atom stereocenters. The molecular weight excluding hydrogens is 340 g/mol. The molecule has 0 radical (unpaired) electrons. The van der Waals surface area contributed by atoms with Crippen LogP contribution in [0.1, 0.15) is 41.8 Å². The molecule has 0 unspecified atom stereocenters. The van der Waals surface area contributed by atoms with Gasteiger partial charge in [-0.25, -0.2) is 8.42 Å². The largest absolute Gasteiger partial charge is 0.461 e. The van der Waals surface area contributed by atoms with Crippen LogP contribution in [0.3, 0.4) is 0 Å². The number of hydrogen-bond acceptors (Lipinski definition) is 4. The summed E-state index contributed by atoms with van der Waals surface area (Å²) < 4.78 is 31.0. The Morgan fingerprint density at radius 3 is 2.92 bits per heavy atom. The first-order valence-electron chi connectivity index (χ1n) is 8.60. The third-order valence-corrected chi connectivity index (χ3v) is 6.01. The van der Waals surface area contributed by atoms with Gasteiger partial charge in [-0.3, -0.25) is 4.79 Å². The maximum Gasteiger partial charge on any atom is 0.255 e. The third-order valence-electron chi connectivity index (χ3n) is 4.67. The van der Waals surface area contributed by atoms with Gasteiger partial charge in [0.05, 0.1) is 11.8 Å². The van der Waals surface area contributed by atoms with Crippen LogP contribution >= 0.6 is 0 Å². The first-order chi connectivity index (χ1) is 11.9. The number of carbonyl (C=O) groups is 1. The van der Waals surface area contributed by atoms with E-state index in [2.05, 4.69) is 5.32 Å². The van der Waals surface area contributed by atoms with E-state index in [1.807, 2.05) is 25.1 Å². The fourth-order valence-electron chi connectivity index (χ4n) is 3.52. The van der Waals surface area contributed by atoms with Crippen molar-refractivity contribution in [1.29, 1.82) is 0 Å². The van der Waals surface area contributed by atoms with E-state index in [-0.39, 0.29) is 11.9 Å². The minimum absolute atomic E-state index is 0.0364. The monoisotopic (exact) mass is 364 g/mol. The molecule has 1 N–H and O–H groups in total. The number of furan rings is 1. The average Bonchev–Trinajstić information content (AvgIpc) is 2.94. The van der Waals surface area contributed by atoms with Crippen LogP contribution in [0.15, 0.2) is 28.7 Å². The third kappa shape index (κ3) is 4.04. The normalized spacial score (nSPS) is 19.2. The fourth-order valence-corrected chi connectivity index (χ4v) is 4.73. The van der Waals surface area contributed by atoms with Crippen molar-refractivity contribution < 1.29 is 17.6 Å². The zero-order chi connectivity index (χ0) is 18.0. The van der Waals surface area contributed by atoms with Crippen LogP contribution in [0.25, 0.3) is 11.0 Å². The first-order valence-corrected chi connectivity index (χ1v) is 10.5. The van der Waals surface area contributed by atoms with Crippen molar-refractivity contribution >= 4 is 26.9 Å². The second-order valence-electron chi connectivity index (χ2n) is 6.65. The maximum atomic E-state index is 12.5. The van der Waals surface area contributed by atoms with Crippen LogP contribution in [0.4, 0.5) is 0 Å². The summed E-state index contributed by atoms with van der Waals surface area (Å²) in [6.07, 6.45) is 4.64. The van der Waals surface area contributed by atoms with Crippen molar-refractivity contribution in [2.24, 2.45) is 0 Å². The second-order valence-corrected chi connectivity index (χ2v) is 8.58. The Morgan fingerprint density at radius 2 is 2.16 bits per heavy atom. The Labute approximate surface area is 148 Å². The Balaban J connectivity index is 1.64. The molecule has 0 saturated carbocycles. The van der Waals surface area contributed by atoms with Gasteiger partial charge in [-0.1, -0.05) is 18.6 Å². The first kappa shape index (κ1) is 17.9. The second kappa shape index (κ2) is 7.17. The lowest BCUT2D eigenvalue weighted by Crippen LogP contribution is -2.44. The minimum atomic E-state index is -3.20. The van der Waals surface area contributed by atoms with Gasteiger partial charge in [0, 0.05) is 24.5 Å². The van der Waals surface area contributed by atoms with E-state index >= 15 is 0 Å². The number of aryl methyl sites for hydroxylation is 1. The highest BCUT2D eigenvalue weighted by atomic mass is 32.2. The van der Waals surface area contributed by atoms with Crippen LogP contribution in [-0.2, 0) is 10.0 Å². The number of sulfonamides is 1. The van der Waals surface area contributed by atoms with Gasteiger partial charge in [0.2, 0.25) is 10.0 Å². The molecule has 1 aromatic heterocycles. The Bertz CT molecular complexity index is 872. The van der Waals surface area contributed by atoms with Crippen molar-refractivity contribution in [1.82, 2.24) is 9.62 Å². The number of fused-ring (bicyclic) bond motifs is 1. The van der Waals surface area contributed by atoms with Gasteiger partial charge in [0.1, 0.15) is 11.3 Å². The molecule has 1 aromatic carbocycles. The number of piperidine rings is 1. The van der Waals surface area contributed by atoms with Crippen LogP contribution in [0.5, 0.6) is 0 Å². The Kier molecular flexibility index (Phi) is 5.15. The summed E-state index contributed by atoms with van der Waals surface area (Å²) in [5, 5.41) is 3.80. The number of para-hydroxylation sites is 1. The molecule has 3 rings (SSSR count). The van der Waals surface area contributed by atoms with Crippen LogP contribution < -0.4 is 5.32 Å². The van der Waals surface area contributed by atoms with Crippen LogP contribution in [-0.4, -0.2) is 44.0 Å². The van der Waals surface area contributed by atoms with E-state index in [0.717, 1.165) is 30.4 Å². The summed E-state index contributed by atoms with van der Waals surface area (Å²) in [6, 6.07) is 7.35. The minimum Gasteiger partial charge on any atom is -0.461 e. The van der Waals surface area contributed by atoms with E-state index in [4.69, 9.17) is 4.42 Å². The van der Waals surface area contributed by atoms with Gasteiger partial charge < -0.3 is 9.73 Å². The molecule has 1 fully saturated rings. The predicted molar refractivity (Wildman–Crippen MR) is 97.1 cm³/mol. The van der Waals surface area contributed by atoms with Crippen molar-refractivity contribution in [3.63, 3.8) is 0 Å². The lowest BCUT2D eigenvalue weighted by atomic mass is 10.0. The molecule has 2 heterocycles. The van der Waals surface area contributed by atoms with Crippen molar-refractivity contribution in [3.8, 4) is 0 Å². The smallest absolute Gasteiger partial charge is 0.255 e. The Morgan fingerprint density at radius 1 is 1.36 bits per heavy atom. The van der Waals surface area contributed by atoms with Crippen molar-refractivity contribution in [2.75, 3.05) is 19.3 Å². The number of carbonyl (C=O) groups excluding carboxylic acids is 1. The van der Waals surface area contributed by atoms with Gasteiger partial charge in [-0.15, -0.1) is 0 Å². The van der Waals surface area contributed by atoms with E-state index < -0.39 is 10.0 Å². The number of hydrogen-bond donors (Lipinski definition) is 1. The molecule has 25 heavy (non-hydrogen) atoms. The van der Waals surface area contributed by atoms with Gasteiger partial charge in [-0.2, -0.15) is 4.31 Å². The summed E-state index contributed by atoms with van der Waals surface area (Å²) in [6.45, 7) is 2.86. The summed E-state index contributed by atoms with van der Waals surface area (Å²) in [5.41, 5.74) is 1.10. The van der Waals surface area contributed by atoms with E-state index in [9.17, 15) is 13.2 Å². The number of rotatable bonds is 5. The lowest BCUT2D eigenvalue weighted by molar-refractivity contribution is 0.0950. The lowest BCUT2D eigenvalue weighted by Gasteiger charge is -2.33. The van der Waals surface area contributed by atoms with E-state index in [1.54, 1.807) is 10.4 Å². The summed E-state index contributed by atoms with van der Waals surface area (Å²) >= 11 is 0. The molecule has 136 valence electrons. The molecule has 6 nitrogen and oxygen atoms in total. The van der Waals surface area contributed by atoms with Gasteiger partial charge >= 0.3 is 0 Å². The van der Waals surface area contributed by atoms with E-state index in [0.29, 0.717) is 30.7 Å². The highest BCUT2D eigenvalue weighted by molar-refractivity contribution is 7.88. The van der Waals surface area contributed by atoms with E-state index in [1.165, 1.54) is 6.26 Å². The topological polar surface area (TPSA) is 79.6 Å². The molecule has 1 saturated heterocycles. The highest BCUT2D eigenvalue weighted by Gasteiger charge is 2.29. The molecule has 1 amide bonds. The van der Waals surface area contributed by atoms with Crippen LogP contribution in [0.2, 0.25) is 0 Å². The van der Waals surface area contributed by atoms with Gasteiger partial charge in [0.25, 0.3) is 5.91 Å². The number of nitrogens with zero attached hydrogens (tertiary/aromatic N) is 1. The molecule has 2 aromatic rings. The number of nitrogens with one attached hydrogen (secondary N) is 1. The number of benzene rings is 1. The van der Waals surface area contributed by atoms with Crippen molar-refractivity contribution in [3.05, 3.63) is 35.6 Å². The Hall–Kier alpha value is -1.86. The SMILES string of the molecule is Cc1cc2cccc(C(=O)NCC[C@@H]3CCCCN3S(C)(=O)=O)c2o1. The average molecular weight is 364 g/mol. The van der Waals surface area contributed by atoms with Crippen molar-refractivity contribution in [2.45, 2.75) is 38.6 Å². The molecule has 1 aliphatic rings. The highest BCUT2D eigenvalue weighted by Crippen LogP contribution is 2.24. The molecule has 0 aliphatic carbocycles. The number of amides is 1. The van der Waals surface area contributed by atoms with Crippen LogP contribution in [0, 0.1) is 6.92 Å². The molecule has 1 aliphatic heterocycles. The predicted octanol–water partition coefficient (Wildman–Crippen LogP) is 2.68. The molecule has 7 heteroatoms. The maximum absolute atomic E-state index is 12.5. The quantitative estimate of drug-likeness (QED) is 0.885. The van der Waals surface area contributed by atoms with Gasteiger partial charge in [-0.05, 0) is 38.3 Å². The fraction of sp³-hybridized carbons (Fsp3) is 0.500. The summed E-state index contributed by atoms with van der Waals surface area (Å²) in [7, 11) is -3.20. The summed E-state index contributed by atoms with van der Waals surface area (Å²) in [5.74, 6) is 0.572. The summed E-state index contributed by atoms with van der Waals surface area (Å²) in [4.78, 5) is 12.5. The van der Waals surface area contributed by atoms with Gasteiger partial charge in [0.15, 0.2) is 0 Å². The molecule has 0 spiro atoms. The zero-order valence-corrected chi connectivity index (χ0v) is 15.4. The standard InChI is InChI=1S/C18H24N2O4S/c1-13-12-14-6-5-8-16(17(14)24-13)18(21)19-10-9-15-7-3-4-11-20(15)25(2,22)23/h5-6,8,12,15H,3-4,7,9-11H2,1-2H3,(H,19,21)/t15-/m0/s1. The molecule has 0 bridgehead atoms. The zero-order valence-electron chi connectivity index (χ0n) is 14.6.